The van der Waals surface area contributed by atoms with E-state index in [9.17, 15) is 0 Å². The lowest BCUT2D eigenvalue weighted by molar-refractivity contribution is 0.678. The predicted molar refractivity (Wildman–Crippen MR) is 67.8 cm³/mol. The summed E-state index contributed by atoms with van der Waals surface area (Å²) >= 11 is 0. The number of aromatic amines is 1. The monoisotopic (exact) mass is 228 g/mol. The molecule has 4 nitrogen and oxygen atoms in total. The van der Waals surface area contributed by atoms with Crippen molar-refractivity contribution in [1.82, 2.24) is 15.5 Å². The van der Waals surface area contributed by atoms with Crippen molar-refractivity contribution in [2.75, 3.05) is 11.9 Å². The van der Waals surface area contributed by atoms with Gasteiger partial charge in [-0.25, -0.2) is 0 Å². The lowest BCUT2D eigenvalue weighted by Gasteiger charge is -2.09. The summed E-state index contributed by atoms with van der Waals surface area (Å²) in [6.07, 6.45) is 2.92. The van der Waals surface area contributed by atoms with Gasteiger partial charge in [0.1, 0.15) is 0 Å². The lowest BCUT2D eigenvalue weighted by Crippen LogP contribution is -2.14. The first-order valence-electron chi connectivity index (χ1n) is 5.97. The number of nitrogens with zero attached hydrogens (tertiary/aromatic N) is 1. The van der Waals surface area contributed by atoms with Crippen LogP contribution in [0.1, 0.15) is 16.8 Å². The Kier molecular flexibility index (Phi) is 2.80. The molecule has 17 heavy (non-hydrogen) atoms. The van der Waals surface area contributed by atoms with Crippen LogP contribution in [-0.2, 0) is 19.5 Å². The molecule has 0 unspecified atom stereocenters. The second kappa shape index (κ2) is 4.59. The average molecular weight is 228 g/mol. The predicted octanol–water partition coefficient (Wildman–Crippen LogP) is 1.67. The van der Waals surface area contributed by atoms with Crippen LogP contribution in [0.5, 0.6) is 0 Å². The van der Waals surface area contributed by atoms with Gasteiger partial charge in [-0.15, -0.1) is 0 Å². The Bertz CT molecular complexity index is 490. The van der Waals surface area contributed by atoms with Crippen LogP contribution in [0.2, 0.25) is 0 Å². The SMILES string of the molecule is c1cc2c(c(CNCc3ccn[nH]3)c1)NCC2. The van der Waals surface area contributed by atoms with E-state index < -0.39 is 0 Å². The maximum atomic E-state index is 3.93. The van der Waals surface area contributed by atoms with E-state index in [1.165, 1.54) is 16.8 Å². The lowest BCUT2D eigenvalue weighted by atomic mass is 10.1. The third kappa shape index (κ3) is 2.17. The zero-order valence-electron chi connectivity index (χ0n) is 9.66. The van der Waals surface area contributed by atoms with Gasteiger partial charge in [0.05, 0.1) is 0 Å². The van der Waals surface area contributed by atoms with E-state index in [0.717, 1.165) is 31.7 Å². The van der Waals surface area contributed by atoms with Gasteiger partial charge in [-0.1, -0.05) is 18.2 Å². The Balaban J connectivity index is 1.64. The van der Waals surface area contributed by atoms with Gasteiger partial charge in [-0.2, -0.15) is 5.10 Å². The first-order chi connectivity index (χ1) is 8.43. The van der Waals surface area contributed by atoms with Gasteiger partial charge in [0, 0.05) is 37.2 Å². The summed E-state index contributed by atoms with van der Waals surface area (Å²) in [6, 6.07) is 8.50. The number of nitrogens with one attached hydrogen (secondary N) is 3. The van der Waals surface area contributed by atoms with Crippen LogP contribution in [-0.4, -0.2) is 16.7 Å². The molecule has 88 valence electrons. The summed E-state index contributed by atoms with van der Waals surface area (Å²) in [5, 5.41) is 13.8. The van der Waals surface area contributed by atoms with Crippen LogP contribution < -0.4 is 10.6 Å². The molecule has 3 rings (SSSR count). The highest BCUT2D eigenvalue weighted by Gasteiger charge is 2.12. The molecule has 0 amide bonds. The van der Waals surface area contributed by atoms with Crippen molar-refractivity contribution in [3.63, 3.8) is 0 Å². The Labute approximate surface area is 100 Å². The minimum absolute atomic E-state index is 0.823. The molecule has 2 aromatic rings. The number of hydrogen-bond acceptors (Lipinski definition) is 3. The molecule has 0 spiro atoms. The maximum Gasteiger partial charge on any atom is 0.0490 e. The first-order valence-corrected chi connectivity index (χ1v) is 5.97. The highest BCUT2D eigenvalue weighted by molar-refractivity contribution is 5.61. The molecule has 1 aromatic carbocycles. The Morgan fingerprint density at radius 3 is 3.12 bits per heavy atom. The summed E-state index contributed by atoms with van der Waals surface area (Å²) in [5.41, 5.74) is 5.22. The fourth-order valence-electron chi connectivity index (χ4n) is 2.27. The van der Waals surface area contributed by atoms with Gasteiger partial charge >= 0.3 is 0 Å². The molecular weight excluding hydrogens is 212 g/mol. The highest BCUT2D eigenvalue weighted by Crippen LogP contribution is 2.26. The van der Waals surface area contributed by atoms with Crippen LogP contribution in [0.3, 0.4) is 0 Å². The van der Waals surface area contributed by atoms with Gasteiger partial charge in [0.25, 0.3) is 0 Å². The smallest absolute Gasteiger partial charge is 0.0490 e. The van der Waals surface area contributed by atoms with Gasteiger partial charge in [-0.3, -0.25) is 5.10 Å². The van der Waals surface area contributed by atoms with Crippen molar-refractivity contribution in [3.8, 4) is 0 Å². The Hall–Kier alpha value is -1.81. The molecule has 1 aliphatic rings. The van der Waals surface area contributed by atoms with Crippen molar-refractivity contribution in [2.45, 2.75) is 19.5 Å². The van der Waals surface area contributed by atoms with Gasteiger partial charge in [0.15, 0.2) is 0 Å². The van der Waals surface area contributed by atoms with Crippen molar-refractivity contribution in [2.24, 2.45) is 0 Å². The fraction of sp³-hybridized carbons (Fsp3) is 0.308. The second-order valence-corrected chi connectivity index (χ2v) is 4.31. The van der Waals surface area contributed by atoms with Crippen LogP contribution in [0.15, 0.2) is 30.5 Å². The summed E-state index contributed by atoms with van der Waals surface area (Å²) in [7, 11) is 0. The van der Waals surface area contributed by atoms with Gasteiger partial charge < -0.3 is 10.6 Å². The Morgan fingerprint density at radius 2 is 2.24 bits per heavy atom. The minimum Gasteiger partial charge on any atom is -0.384 e. The van der Waals surface area contributed by atoms with Crippen molar-refractivity contribution < 1.29 is 0 Å². The van der Waals surface area contributed by atoms with E-state index in [2.05, 4.69) is 39.0 Å². The quantitative estimate of drug-likeness (QED) is 0.746. The van der Waals surface area contributed by atoms with E-state index in [1.807, 2.05) is 6.07 Å². The highest BCUT2D eigenvalue weighted by atomic mass is 15.1. The summed E-state index contributed by atoms with van der Waals surface area (Å²) < 4.78 is 0. The van der Waals surface area contributed by atoms with Crippen molar-refractivity contribution in [3.05, 3.63) is 47.3 Å². The van der Waals surface area contributed by atoms with Crippen molar-refractivity contribution in [1.29, 1.82) is 0 Å². The molecule has 0 bridgehead atoms. The molecule has 0 atom stereocenters. The third-order valence-electron chi connectivity index (χ3n) is 3.12. The maximum absolute atomic E-state index is 3.93. The second-order valence-electron chi connectivity index (χ2n) is 4.31. The molecule has 0 radical (unpaired) electrons. The number of hydrogen-bond donors (Lipinski definition) is 3. The number of H-pyrrole nitrogens is 1. The zero-order chi connectivity index (χ0) is 11.5. The molecule has 0 aliphatic carbocycles. The number of fused-ring (bicyclic) bond motifs is 1. The molecule has 4 heteroatoms. The van der Waals surface area contributed by atoms with Gasteiger partial charge in [0.2, 0.25) is 0 Å². The van der Waals surface area contributed by atoms with E-state index >= 15 is 0 Å². The van der Waals surface area contributed by atoms with E-state index in [-0.39, 0.29) is 0 Å². The fourth-order valence-corrected chi connectivity index (χ4v) is 2.27. The number of benzene rings is 1. The molecule has 0 saturated heterocycles. The van der Waals surface area contributed by atoms with Gasteiger partial charge in [-0.05, 0) is 23.6 Å². The zero-order valence-corrected chi connectivity index (χ0v) is 9.66. The molecule has 0 fully saturated rings. The Morgan fingerprint density at radius 1 is 1.24 bits per heavy atom. The first kappa shape index (κ1) is 10.4. The van der Waals surface area contributed by atoms with Crippen LogP contribution in [0.4, 0.5) is 5.69 Å². The van der Waals surface area contributed by atoms with E-state index in [4.69, 9.17) is 0 Å². The topological polar surface area (TPSA) is 52.7 Å². The largest absolute Gasteiger partial charge is 0.384 e. The number of anilines is 1. The third-order valence-corrected chi connectivity index (χ3v) is 3.12. The standard InChI is InChI=1S/C13H16N4/c1-2-10-4-6-15-13(10)11(3-1)8-14-9-12-5-7-16-17-12/h1-3,5,7,14-15H,4,6,8-9H2,(H,16,17). The van der Waals surface area contributed by atoms with Crippen molar-refractivity contribution >= 4 is 5.69 Å². The van der Waals surface area contributed by atoms with Crippen LogP contribution in [0, 0.1) is 0 Å². The van der Waals surface area contributed by atoms with E-state index in [1.54, 1.807) is 6.20 Å². The number of para-hydroxylation sites is 1. The molecule has 1 aliphatic heterocycles. The van der Waals surface area contributed by atoms with Crippen LogP contribution in [0.25, 0.3) is 0 Å². The van der Waals surface area contributed by atoms with Crippen LogP contribution >= 0.6 is 0 Å². The summed E-state index contributed by atoms with van der Waals surface area (Å²) in [6.45, 7) is 2.77. The number of aromatic nitrogens is 2. The molecule has 3 N–H and O–H groups in total. The molecular formula is C13H16N4. The summed E-state index contributed by atoms with van der Waals surface area (Å²) in [4.78, 5) is 0. The van der Waals surface area contributed by atoms with E-state index in [0.29, 0.717) is 0 Å². The molecule has 2 heterocycles. The molecule has 1 aromatic heterocycles. The molecule has 0 saturated carbocycles. The number of rotatable bonds is 4. The normalized spacial score (nSPS) is 13.4. The summed E-state index contributed by atoms with van der Waals surface area (Å²) in [5.74, 6) is 0. The minimum atomic E-state index is 0.823. The average Bonchev–Trinajstić information content (AvgIpc) is 2.99.